The minimum Gasteiger partial charge on any atom is -0.497 e. The third kappa shape index (κ3) is 5.92. The summed E-state index contributed by atoms with van der Waals surface area (Å²) in [5.41, 5.74) is 2.33. The van der Waals surface area contributed by atoms with E-state index in [4.69, 9.17) is 9.15 Å². The fourth-order valence-corrected chi connectivity index (χ4v) is 5.39. The van der Waals surface area contributed by atoms with Gasteiger partial charge in [-0.2, -0.15) is 4.31 Å². The molecule has 39 heavy (non-hydrogen) atoms. The molecular weight excluding hydrogens is 516 g/mol. The van der Waals surface area contributed by atoms with Gasteiger partial charge in [0.05, 0.1) is 37.1 Å². The van der Waals surface area contributed by atoms with Gasteiger partial charge >= 0.3 is 0 Å². The summed E-state index contributed by atoms with van der Waals surface area (Å²) in [5, 5.41) is 2.81. The molecule has 1 N–H and O–H groups in total. The molecule has 0 fully saturated rings. The average molecular weight is 543 g/mol. The van der Waals surface area contributed by atoms with E-state index in [1.807, 2.05) is 66.9 Å². The van der Waals surface area contributed by atoms with Gasteiger partial charge in [0.1, 0.15) is 11.5 Å². The van der Waals surface area contributed by atoms with Crippen molar-refractivity contribution in [2.24, 2.45) is 0 Å². The van der Waals surface area contributed by atoms with E-state index in [2.05, 4.69) is 10.3 Å². The smallest absolute Gasteiger partial charge is 0.243 e. The van der Waals surface area contributed by atoms with Crippen molar-refractivity contribution in [3.05, 3.63) is 115 Å². The molecular formula is C29H26N4O5S. The molecule has 5 rings (SSSR count). The van der Waals surface area contributed by atoms with Crippen LogP contribution in [0.25, 0.3) is 16.9 Å². The van der Waals surface area contributed by atoms with Crippen LogP contribution < -0.4 is 10.1 Å². The van der Waals surface area contributed by atoms with E-state index in [0.717, 1.165) is 15.6 Å². The summed E-state index contributed by atoms with van der Waals surface area (Å²) >= 11 is 0. The molecule has 0 saturated heterocycles. The molecule has 5 aromatic rings. The number of ether oxygens (including phenoxy) is 1. The molecule has 0 aliphatic carbocycles. The first kappa shape index (κ1) is 26.0. The van der Waals surface area contributed by atoms with Crippen LogP contribution in [0, 0.1) is 0 Å². The zero-order valence-electron chi connectivity index (χ0n) is 21.1. The van der Waals surface area contributed by atoms with Crippen molar-refractivity contribution in [2.45, 2.75) is 11.4 Å². The summed E-state index contributed by atoms with van der Waals surface area (Å²) in [7, 11) is -2.56. The first-order chi connectivity index (χ1) is 18.9. The van der Waals surface area contributed by atoms with Crippen LogP contribution in [-0.4, -0.2) is 41.8 Å². The van der Waals surface area contributed by atoms with Gasteiger partial charge in [0.25, 0.3) is 0 Å². The Morgan fingerprint density at radius 2 is 1.64 bits per heavy atom. The molecule has 0 spiro atoms. The number of rotatable bonds is 10. The van der Waals surface area contributed by atoms with Crippen molar-refractivity contribution in [1.82, 2.24) is 13.9 Å². The molecule has 2 aromatic heterocycles. The van der Waals surface area contributed by atoms with E-state index in [1.165, 1.54) is 25.5 Å². The molecule has 3 aromatic carbocycles. The zero-order valence-corrected chi connectivity index (χ0v) is 21.9. The number of furan rings is 1. The maximum Gasteiger partial charge on any atom is 0.243 e. The summed E-state index contributed by atoms with van der Waals surface area (Å²) in [6.07, 6.45) is 3.28. The zero-order chi connectivity index (χ0) is 27.2. The fraction of sp³-hybridized carbons (Fsp3) is 0.103. The number of methoxy groups -OCH3 is 1. The van der Waals surface area contributed by atoms with E-state index in [9.17, 15) is 13.2 Å². The molecule has 9 nitrogen and oxygen atoms in total. The van der Waals surface area contributed by atoms with Crippen molar-refractivity contribution in [3.8, 4) is 22.7 Å². The lowest BCUT2D eigenvalue weighted by Crippen LogP contribution is -2.37. The number of hydrogen-bond acceptors (Lipinski definition) is 6. The summed E-state index contributed by atoms with van der Waals surface area (Å²) < 4.78 is 40.5. The Kier molecular flexibility index (Phi) is 7.57. The minimum absolute atomic E-state index is 0.0276. The molecule has 1 amide bonds. The Morgan fingerprint density at radius 1 is 0.949 bits per heavy atom. The lowest BCUT2D eigenvalue weighted by Gasteiger charge is -2.21. The molecule has 0 bridgehead atoms. The predicted molar refractivity (Wildman–Crippen MR) is 147 cm³/mol. The number of aromatic nitrogens is 2. The van der Waals surface area contributed by atoms with Gasteiger partial charge in [0, 0.05) is 17.4 Å². The highest BCUT2D eigenvalue weighted by Crippen LogP contribution is 2.25. The molecule has 0 atom stereocenters. The second-order valence-corrected chi connectivity index (χ2v) is 10.5. The Morgan fingerprint density at radius 3 is 2.28 bits per heavy atom. The molecule has 0 unspecified atom stereocenters. The molecule has 0 saturated carbocycles. The summed E-state index contributed by atoms with van der Waals surface area (Å²) in [6, 6.07) is 28.3. The van der Waals surface area contributed by atoms with Gasteiger partial charge in [-0.1, -0.05) is 48.5 Å². The van der Waals surface area contributed by atoms with Crippen molar-refractivity contribution in [3.63, 3.8) is 0 Å². The number of nitrogens with zero attached hydrogens (tertiary/aromatic N) is 3. The largest absolute Gasteiger partial charge is 0.497 e. The maximum absolute atomic E-state index is 13.6. The summed E-state index contributed by atoms with van der Waals surface area (Å²) in [5.74, 6) is 0.633. The van der Waals surface area contributed by atoms with Crippen LogP contribution in [0.15, 0.2) is 119 Å². The van der Waals surface area contributed by atoms with Crippen LogP contribution >= 0.6 is 0 Å². The highest BCUT2D eigenvalue weighted by Gasteiger charge is 2.28. The van der Waals surface area contributed by atoms with E-state index in [-0.39, 0.29) is 17.4 Å². The molecule has 10 heteroatoms. The SMILES string of the molecule is COc1ccc(S(=O)(=O)N(CC(=O)Nc2nc(-c3ccccc3)cn2-c2ccccc2)Cc2ccco2)cc1. The van der Waals surface area contributed by atoms with Crippen LogP contribution in [0.3, 0.4) is 0 Å². The number of nitrogens with one attached hydrogen (secondary N) is 1. The van der Waals surface area contributed by atoms with Crippen molar-refractivity contribution < 1.29 is 22.4 Å². The summed E-state index contributed by atoms with van der Waals surface area (Å²) in [4.78, 5) is 18.0. The lowest BCUT2D eigenvalue weighted by molar-refractivity contribution is -0.116. The van der Waals surface area contributed by atoms with Gasteiger partial charge < -0.3 is 9.15 Å². The van der Waals surface area contributed by atoms with Gasteiger partial charge in [-0.25, -0.2) is 13.4 Å². The number of anilines is 1. The van der Waals surface area contributed by atoms with E-state index in [0.29, 0.717) is 17.2 Å². The van der Waals surface area contributed by atoms with Crippen LogP contribution in [0.5, 0.6) is 5.75 Å². The van der Waals surface area contributed by atoms with Gasteiger partial charge in [-0.05, 0) is 48.5 Å². The highest BCUT2D eigenvalue weighted by atomic mass is 32.2. The first-order valence-corrected chi connectivity index (χ1v) is 13.5. The van der Waals surface area contributed by atoms with Crippen molar-refractivity contribution in [2.75, 3.05) is 19.0 Å². The first-order valence-electron chi connectivity index (χ1n) is 12.1. The topological polar surface area (TPSA) is 107 Å². The van der Waals surface area contributed by atoms with E-state index < -0.39 is 22.5 Å². The number of imidazole rings is 1. The van der Waals surface area contributed by atoms with E-state index in [1.54, 1.807) is 28.8 Å². The number of carbonyl (C=O) groups is 1. The number of amides is 1. The van der Waals surface area contributed by atoms with Gasteiger partial charge in [0.15, 0.2) is 0 Å². The Labute approximate surface area is 226 Å². The van der Waals surface area contributed by atoms with Crippen molar-refractivity contribution in [1.29, 1.82) is 0 Å². The average Bonchev–Trinajstić information content (AvgIpc) is 3.64. The van der Waals surface area contributed by atoms with Crippen LogP contribution in [-0.2, 0) is 21.4 Å². The van der Waals surface area contributed by atoms with Crippen LogP contribution in [0.2, 0.25) is 0 Å². The van der Waals surface area contributed by atoms with Crippen molar-refractivity contribution >= 4 is 21.9 Å². The van der Waals surface area contributed by atoms with Gasteiger partial charge in [-0.3, -0.25) is 14.7 Å². The minimum atomic E-state index is -4.06. The number of benzene rings is 3. The highest BCUT2D eigenvalue weighted by molar-refractivity contribution is 7.89. The van der Waals surface area contributed by atoms with Gasteiger partial charge in [0.2, 0.25) is 21.9 Å². The quantitative estimate of drug-likeness (QED) is 0.267. The molecule has 198 valence electrons. The maximum atomic E-state index is 13.6. The molecule has 0 aliphatic heterocycles. The van der Waals surface area contributed by atoms with Gasteiger partial charge in [-0.15, -0.1) is 0 Å². The Balaban J connectivity index is 1.44. The molecule has 0 aliphatic rings. The third-order valence-electron chi connectivity index (χ3n) is 5.99. The van der Waals surface area contributed by atoms with Crippen LogP contribution in [0.4, 0.5) is 5.95 Å². The number of sulfonamides is 1. The van der Waals surface area contributed by atoms with E-state index >= 15 is 0 Å². The fourth-order valence-electron chi connectivity index (χ4n) is 4.03. The predicted octanol–water partition coefficient (Wildman–Crippen LogP) is 4.97. The second-order valence-electron chi connectivity index (χ2n) is 8.60. The lowest BCUT2D eigenvalue weighted by atomic mass is 10.2. The molecule has 0 radical (unpaired) electrons. The Bertz CT molecular complexity index is 1630. The third-order valence-corrected chi connectivity index (χ3v) is 7.80. The molecule has 2 heterocycles. The number of para-hydroxylation sites is 1. The second kappa shape index (κ2) is 11.4. The monoisotopic (exact) mass is 542 g/mol. The van der Waals surface area contributed by atoms with Crippen LogP contribution in [0.1, 0.15) is 5.76 Å². The Hall–Kier alpha value is -4.67. The number of hydrogen-bond donors (Lipinski definition) is 1. The normalized spacial score (nSPS) is 11.4. The summed E-state index contributed by atoms with van der Waals surface area (Å²) in [6.45, 7) is -0.589. The number of carbonyl (C=O) groups excluding carboxylic acids is 1. The standard InChI is InChI=1S/C29H26N4O5S/c1-37-24-14-16-26(17-15-24)39(35,36)32(19-25-13-8-18-38-25)21-28(34)31-29-30-27(22-9-4-2-5-10-22)20-33(29)23-11-6-3-7-12-23/h2-18,20H,19,21H2,1H3,(H,30,31,34).